The Morgan fingerprint density at radius 2 is 1.67 bits per heavy atom. The molecule has 0 spiro atoms. The minimum absolute atomic E-state index is 0.0341. The first-order valence-electron chi connectivity index (χ1n) is 7.25. The van der Waals surface area contributed by atoms with Gasteiger partial charge in [0.1, 0.15) is 5.75 Å². The van der Waals surface area contributed by atoms with Crippen LogP contribution in [0.2, 0.25) is 0 Å². The van der Waals surface area contributed by atoms with Crippen LogP contribution < -0.4 is 10.5 Å². The fraction of sp³-hybridized carbons (Fsp3) is 0.625. The predicted octanol–water partition coefficient (Wildman–Crippen LogP) is 4.43. The van der Waals surface area contributed by atoms with E-state index in [0.29, 0.717) is 6.42 Å². The molecule has 0 radical (unpaired) electrons. The van der Waals surface area contributed by atoms with Gasteiger partial charge in [0.2, 0.25) is 0 Å². The molecule has 2 nitrogen and oxygen atoms in total. The van der Waals surface area contributed by atoms with Crippen LogP contribution in [0.3, 0.4) is 0 Å². The van der Waals surface area contributed by atoms with Crippen LogP contribution in [0.5, 0.6) is 5.75 Å². The van der Waals surface area contributed by atoms with Crippen molar-refractivity contribution in [3.05, 3.63) is 29.8 Å². The van der Waals surface area contributed by atoms with Crippen molar-refractivity contribution in [1.82, 2.24) is 0 Å². The summed E-state index contributed by atoms with van der Waals surface area (Å²) in [4.78, 5) is 0. The summed E-state index contributed by atoms with van der Waals surface area (Å²) in [5.41, 5.74) is 7.27. The summed E-state index contributed by atoms with van der Waals surface area (Å²) in [5.74, 6) is -0.194. The molecule has 0 aromatic heterocycles. The van der Waals surface area contributed by atoms with E-state index in [1.807, 2.05) is 0 Å². The maximum atomic E-state index is 12.1. The Morgan fingerprint density at radius 3 is 2.19 bits per heavy atom. The van der Waals surface area contributed by atoms with E-state index in [1.54, 1.807) is 12.1 Å². The second kappa shape index (κ2) is 5.52. The normalized spacial score (nSPS) is 25.6. The average Bonchev–Trinajstić information content (AvgIpc) is 2.34. The van der Waals surface area contributed by atoms with Gasteiger partial charge in [-0.05, 0) is 42.4 Å². The summed E-state index contributed by atoms with van der Waals surface area (Å²) >= 11 is 0. The third-order valence-electron chi connectivity index (χ3n) is 4.70. The van der Waals surface area contributed by atoms with Crippen molar-refractivity contribution in [3.63, 3.8) is 0 Å². The third kappa shape index (κ3) is 3.90. The molecule has 118 valence electrons. The summed E-state index contributed by atoms with van der Waals surface area (Å²) in [6.45, 7) is 4.35. The van der Waals surface area contributed by atoms with Gasteiger partial charge in [-0.15, -0.1) is 13.2 Å². The highest BCUT2D eigenvalue weighted by atomic mass is 19.4. The zero-order valence-corrected chi connectivity index (χ0v) is 12.5. The third-order valence-corrected chi connectivity index (χ3v) is 4.70. The molecular weight excluding hydrogens is 279 g/mol. The van der Waals surface area contributed by atoms with Crippen molar-refractivity contribution < 1.29 is 17.9 Å². The molecule has 0 bridgehead atoms. The highest BCUT2D eigenvalue weighted by Crippen LogP contribution is 2.44. The SMILES string of the molecule is CC1(C)CCCCC1(N)Cc1ccc(OC(F)(F)F)cc1. The Hall–Kier alpha value is -1.23. The Bertz CT molecular complexity index is 481. The highest BCUT2D eigenvalue weighted by molar-refractivity contribution is 5.29. The van der Waals surface area contributed by atoms with Crippen LogP contribution in [-0.2, 0) is 6.42 Å². The van der Waals surface area contributed by atoms with Crippen molar-refractivity contribution in [2.24, 2.45) is 11.1 Å². The zero-order valence-electron chi connectivity index (χ0n) is 12.5. The van der Waals surface area contributed by atoms with Crippen molar-refractivity contribution in [2.45, 2.75) is 57.9 Å². The molecule has 2 rings (SSSR count). The molecule has 1 aromatic carbocycles. The van der Waals surface area contributed by atoms with Gasteiger partial charge >= 0.3 is 6.36 Å². The van der Waals surface area contributed by atoms with Gasteiger partial charge in [-0.25, -0.2) is 0 Å². The van der Waals surface area contributed by atoms with Gasteiger partial charge in [0.25, 0.3) is 0 Å². The fourth-order valence-corrected chi connectivity index (χ4v) is 3.10. The van der Waals surface area contributed by atoms with Crippen molar-refractivity contribution in [1.29, 1.82) is 0 Å². The smallest absolute Gasteiger partial charge is 0.406 e. The van der Waals surface area contributed by atoms with E-state index < -0.39 is 6.36 Å². The van der Waals surface area contributed by atoms with Crippen LogP contribution in [0.4, 0.5) is 13.2 Å². The van der Waals surface area contributed by atoms with Crippen LogP contribution in [0, 0.1) is 5.41 Å². The molecule has 1 atom stereocenters. The molecule has 2 N–H and O–H groups in total. The summed E-state index contributed by atoms with van der Waals surface area (Å²) in [7, 11) is 0. The fourth-order valence-electron chi connectivity index (χ4n) is 3.10. The molecule has 1 unspecified atom stereocenters. The van der Waals surface area contributed by atoms with Gasteiger partial charge in [-0.2, -0.15) is 0 Å². The first kappa shape index (κ1) is 16.1. The largest absolute Gasteiger partial charge is 0.573 e. The molecule has 0 amide bonds. The van der Waals surface area contributed by atoms with E-state index >= 15 is 0 Å². The molecular formula is C16H22F3NO. The van der Waals surface area contributed by atoms with E-state index in [-0.39, 0.29) is 16.7 Å². The average molecular weight is 301 g/mol. The van der Waals surface area contributed by atoms with Crippen LogP contribution in [0.15, 0.2) is 24.3 Å². The van der Waals surface area contributed by atoms with Crippen molar-refractivity contribution in [3.8, 4) is 5.75 Å². The summed E-state index contributed by atoms with van der Waals surface area (Å²) in [5, 5.41) is 0. The van der Waals surface area contributed by atoms with Gasteiger partial charge in [0.05, 0.1) is 0 Å². The van der Waals surface area contributed by atoms with Crippen molar-refractivity contribution in [2.75, 3.05) is 0 Å². The van der Waals surface area contributed by atoms with E-state index in [1.165, 1.54) is 18.6 Å². The lowest BCUT2D eigenvalue weighted by molar-refractivity contribution is -0.274. The highest BCUT2D eigenvalue weighted by Gasteiger charge is 2.43. The second-order valence-electron chi connectivity index (χ2n) is 6.62. The zero-order chi connectivity index (χ0) is 15.7. The maximum Gasteiger partial charge on any atom is 0.573 e. The Balaban J connectivity index is 2.09. The standard InChI is InChI=1S/C16H22F3NO/c1-14(2)9-3-4-10-15(14,20)11-12-5-7-13(8-6-12)21-16(17,18)19/h5-8H,3-4,9-11,20H2,1-2H3. The van der Waals surface area contributed by atoms with E-state index in [2.05, 4.69) is 18.6 Å². The lowest BCUT2D eigenvalue weighted by Gasteiger charge is -2.48. The minimum atomic E-state index is -4.65. The number of halogens is 3. The monoisotopic (exact) mass is 301 g/mol. The van der Waals surface area contributed by atoms with Crippen LogP contribution in [-0.4, -0.2) is 11.9 Å². The number of rotatable bonds is 3. The Labute approximate surface area is 123 Å². The van der Waals surface area contributed by atoms with Crippen molar-refractivity contribution >= 4 is 0 Å². The molecule has 21 heavy (non-hydrogen) atoms. The number of nitrogens with two attached hydrogens (primary N) is 1. The lowest BCUT2D eigenvalue weighted by atomic mass is 9.61. The first-order valence-corrected chi connectivity index (χ1v) is 7.25. The molecule has 1 aliphatic rings. The first-order chi connectivity index (χ1) is 9.61. The number of benzene rings is 1. The Kier molecular flexibility index (Phi) is 4.24. The molecule has 0 aliphatic heterocycles. The minimum Gasteiger partial charge on any atom is -0.406 e. The Morgan fingerprint density at radius 1 is 1.10 bits per heavy atom. The number of hydrogen-bond donors (Lipinski definition) is 1. The molecule has 1 aliphatic carbocycles. The summed E-state index contributed by atoms with van der Waals surface area (Å²) in [6.07, 6.45) is 0.341. The van der Waals surface area contributed by atoms with E-state index in [9.17, 15) is 13.2 Å². The van der Waals surface area contributed by atoms with Gasteiger partial charge < -0.3 is 10.5 Å². The molecule has 5 heteroatoms. The number of alkyl halides is 3. The summed E-state index contributed by atoms with van der Waals surface area (Å²) < 4.78 is 40.3. The molecule has 1 fully saturated rings. The summed E-state index contributed by atoms with van der Waals surface area (Å²) in [6, 6.07) is 6.03. The molecule has 0 saturated heterocycles. The second-order valence-corrected chi connectivity index (χ2v) is 6.62. The predicted molar refractivity (Wildman–Crippen MR) is 76.0 cm³/mol. The van der Waals surface area contributed by atoms with Gasteiger partial charge in [0.15, 0.2) is 0 Å². The van der Waals surface area contributed by atoms with E-state index in [4.69, 9.17) is 5.73 Å². The van der Waals surface area contributed by atoms with Gasteiger partial charge in [-0.3, -0.25) is 0 Å². The number of ether oxygens (including phenoxy) is 1. The van der Waals surface area contributed by atoms with Crippen LogP contribution >= 0.6 is 0 Å². The van der Waals surface area contributed by atoms with Crippen LogP contribution in [0.1, 0.15) is 45.1 Å². The van der Waals surface area contributed by atoms with E-state index in [0.717, 1.165) is 24.8 Å². The number of hydrogen-bond acceptors (Lipinski definition) is 2. The molecule has 0 heterocycles. The molecule has 1 aromatic rings. The van der Waals surface area contributed by atoms with Crippen LogP contribution in [0.25, 0.3) is 0 Å². The topological polar surface area (TPSA) is 35.2 Å². The lowest BCUT2D eigenvalue weighted by Crippen LogP contribution is -2.56. The maximum absolute atomic E-state index is 12.1. The van der Waals surface area contributed by atoms with Gasteiger partial charge in [-0.1, -0.05) is 38.8 Å². The molecule has 1 saturated carbocycles. The quantitative estimate of drug-likeness (QED) is 0.896. The van der Waals surface area contributed by atoms with Gasteiger partial charge in [0, 0.05) is 5.54 Å².